The van der Waals surface area contributed by atoms with Crippen molar-refractivity contribution in [3.63, 3.8) is 0 Å². The van der Waals surface area contributed by atoms with E-state index < -0.39 is 0 Å². The molecule has 0 aliphatic carbocycles. The van der Waals surface area contributed by atoms with Crippen LogP contribution in [0.1, 0.15) is 13.8 Å². The lowest BCUT2D eigenvalue weighted by Gasteiger charge is -2.37. The SMILES string of the molecule is CCN(CC)C(=O)N1CCN(c2ccc(-c3ccccc3)nn2)CC1. The van der Waals surface area contributed by atoms with Gasteiger partial charge in [-0.3, -0.25) is 0 Å². The molecule has 2 heterocycles. The molecule has 25 heavy (non-hydrogen) atoms. The van der Waals surface area contributed by atoms with E-state index in [2.05, 4.69) is 15.1 Å². The summed E-state index contributed by atoms with van der Waals surface area (Å²) in [6, 6.07) is 14.2. The average Bonchev–Trinajstić information content (AvgIpc) is 2.70. The Morgan fingerprint density at radius 3 is 2.20 bits per heavy atom. The van der Waals surface area contributed by atoms with Gasteiger partial charge >= 0.3 is 6.03 Å². The van der Waals surface area contributed by atoms with E-state index in [0.717, 1.165) is 56.3 Å². The van der Waals surface area contributed by atoms with Crippen LogP contribution in [-0.2, 0) is 0 Å². The van der Waals surface area contributed by atoms with Gasteiger partial charge in [-0.05, 0) is 26.0 Å². The van der Waals surface area contributed by atoms with Crippen molar-refractivity contribution >= 4 is 11.8 Å². The molecule has 0 N–H and O–H groups in total. The summed E-state index contributed by atoms with van der Waals surface area (Å²) in [5, 5.41) is 8.73. The van der Waals surface area contributed by atoms with Gasteiger partial charge in [0.25, 0.3) is 0 Å². The van der Waals surface area contributed by atoms with Crippen LogP contribution >= 0.6 is 0 Å². The first-order chi connectivity index (χ1) is 12.2. The van der Waals surface area contributed by atoms with Gasteiger partial charge < -0.3 is 14.7 Å². The number of nitrogens with zero attached hydrogens (tertiary/aromatic N) is 5. The Morgan fingerprint density at radius 1 is 0.960 bits per heavy atom. The molecule has 0 unspecified atom stereocenters. The number of piperazine rings is 1. The Labute approximate surface area is 149 Å². The second kappa shape index (κ2) is 7.96. The zero-order chi connectivity index (χ0) is 17.6. The highest BCUT2D eigenvalue weighted by Crippen LogP contribution is 2.19. The number of aromatic nitrogens is 2. The van der Waals surface area contributed by atoms with Crippen molar-refractivity contribution in [3.8, 4) is 11.3 Å². The lowest BCUT2D eigenvalue weighted by molar-refractivity contribution is 0.154. The molecule has 0 atom stereocenters. The van der Waals surface area contributed by atoms with Gasteiger partial charge in [-0.2, -0.15) is 0 Å². The number of amides is 2. The van der Waals surface area contributed by atoms with E-state index in [1.54, 1.807) is 0 Å². The second-order valence-corrected chi connectivity index (χ2v) is 6.07. The summed E-state index contributed by atoms with van der Waals surface area (Å²) in [4.78, 5) is 18.4. The van der Waals surface area contributed by atoms with Gasteiger partial charge in [0, 0.05) is 44.8 Å². The number of urea groups is 1. The van der Waals surface area contributed by atoms with Gasteiger partial charge in [0.2, 0.25) is 0 Å². The van der Waals surface area contributed by atoms with Crippen molar-refractivity contribution < 1.29 is 4.79 Å². The highest BCUT2D eigenvalue weighted by Gasteiger charge is 2.24. The zero-order valence-corrected chi connectivity index (χ0v) is 14.9. The van der Waals surface area contributed by atoms with Crippen LogP contribution in [-0.4, -0.2) is 65.3 Å². The third kappa shape index (κ3) is 3.90. The summed E-state index contributed by atoms with van der Waals surface area (Å²) in [6.07, 6.45) is 0. The predicted molar refractivity (Wildman–Crippen MR) is 99.6 cm³/mol. The molecule has 3 rings (SSSR count). The molecule has 132 valence electrons. The van der Waals surface area contributed by atoms with Crippen LogP contribution in [0.4, 0.5) is 10.6 Å². The highest BCUT2D eigenvalue weighted by atomic mass is 16.2. The Bertz CT molecular complexity index is 677. The molecule has 0 saturated carbocycles. The van der Waals surface area contributed by atoms with Crippen LogP contribution in [0.25, 0.3) is 11.3 Å². The van der Waals surface area contributed by atoms with Crippen molar-refractivity contribution in [1.29, 1.82) is 0 Å². The van der Waals surface area contributed by atoms with Crippen LogP contribution in [0.3, 0.4) is 0 Å². The van der Waals surface area contributed by atoms with Gasteiger partial charge in [-0.25, -0.2) is 4.79 Å². The summed E-state index contributed by atoms with van der Waals surface area (Å²) in [7, 11) is 0. The average molecular weight is 339 g/mol. The van der Waals surface area contributed by atoms with Gasteiger partial charge in [0.1, 0.15) is 0 Å². The number of rotatable bonds is 4. The molecule has 1 aliphatic rings. The Morgan fingerprint density at radius 2 is 1.64 bits per heavy atom. The van der Waals surface area contributed by atoms with Crippen LogP contribution in [0.15, 0.2) is 42.5 Å². The first-order valence-corrected chi connectivity index (χ1v) is 8.91. The normalized spacial score (nSPS) is 14.5. The fourth-order valence-corrected chi connectivity index (χ4v) is 3.08. The van der Waals surface area contributed by atoms with Crippen molar-refractivity contribution in [2.24, 2.45) is 0 Å². The maximum Gasteiger partial charge on any atom is 0.320 e. The predicted octanol–water partition coefficient (Wildman–Crippen LogP) is 2.73. The Balaban J connectivity index is 1.61. The standard InChI is InChI=1S/C19H25N5O/c1-3-22(4-2)19(25)24-14-12-23(13-15-24)18-11-10-17(20-21-18)16-8-6-5-7-9-16/h5-11H,3-4,12-15H2,1-2H3. The first kappa shape index (κ1) is 17.2. The van der Waals surface area contributed by atoms with E-state index in [-0.39, 0.29) is 6.03 Å². The maximum absolute atomic E-state index is 12.4. The molecule has 2 amide bonds. The van der Waals surface area contributed by atoms with Gasteiger partial charge in [-0.15, -0.1) is 10.2 Å². The molecule has 2 aromatic rings. The molecule has 1 saturated heterocycles. The van der Waals surface area contributed by atoms with Crippen LogP contribution in [0.2, 0.25) is 0 Å². The zero-order valence-electron chi connectivity index (χ0n) is 14.9. The first-order valence-electron chi connectivity index (χ1n) is 8.91. The minimum Gasteiger partial charge on any atom is -0.352 e. The third-order valence-corrected chi connectivity index (χ3v) is 4.63. The lowest BCUT2D eigenvalue weighted by Crippen LogP contribution is -2.53. The van der Waals surface area contributed by atoms with E-state index in [1.807, 2.05) is 66.1 Å². The highest BCUT2D eigenvalue weighted by molar-refractivity contribution is 5.74. The second-order valence-electron chi connectivity index (χ2n) is 6.07. The summed E-state index contributed by atoms with van der Waals surface area (Å²) >= 11 is 0. The molecular formula is C19H25N5O. The molecule has 0 spiro atoms. The number of anilines is 1. The van der Waals surface area contributed by atoms with E-state index in [1.165, 1.54) is 0 Å². The third-order valence-electron chi connectivity index (χ3n) is 4.63. The van der Waals surface area contributed by atoms with E-state index in [0.29, 0.717) is 0 Å². The van der Waals surface area contributed by atoms with Gasteiger partial charge in [0.15, 0.2) is 5.82 Å². The monoisotopic (exact) mass is 339 g/mol. The van der Waals surface area contributed by atoms with Crippen molar-refractivity contribution in [2.45, 2.75) is 13.8 Å². The van der Waals surface area contributed by atoms with E-state index >= 15 is 0 Å². The quantitative estimate of drug-likeness (QED) is 0.859. The minimum atomic E-state index is 0.134. The van der Waals surface area contributed by atoms with Crippen LogP contribution in [0.5, 0.6) is 0 Å². The van der Waals surface area contributed by atoms with Crippen molar-refractivity contribution in [2.75, 3.05) is 44.2 Å². The van der Waals surface area contributed by atoms with Crippen molar-refractivity contribution in [1.82, 2.24) is 20.0 Å². The summed E-state index contributed by atoms with van der Waals surface area (Å²) in [5.41, 5.74) is 1.94. The molecule has 1 aromatic carbocycles. The minimum absolute atomic E-state index is 0.134. The molecular weight excluding hydrogens is 314 g/mol. The van der Waals surface area contributed by atoms with Crippen molar-refractivity contribution in [3.05, 3.63) is 42.5 Å². The fourth-order valence-electron chi connectivity index (χ4n) is 3.08. The fraction of sp³-hybridized carbons (Fsp3) is 0.421. The number of hydrogen-bond donors (Lipinski definition) is 0. The Hall–Kier alpha value is -2.63. The van der Waals surface area contributed by atoms with E-state index in [4.69, 9.17) is 0 Å². The van der Waals surface area contributed by atoms with Gasteiger partial charge in [0.05, 0.1) is 5.69 Å². The smallest absolute Gasteiger partial charge is 0.320 e. The molecule has 6 heteroatoms. The summed E-state index contributed by atoms with van der Waals surface area (Å²) in [5.74, 6) is 0.870. The number of benzene rings is 1. The molecule has 1 fully saturated rings. The molecule has 1 aromatic heterocycles. The topological polar surface area (TPSA) is 52.6 Å². The van der Waals surface area contributed by atoms with Gasteiger partial charge in [-0.1, -0.05) is 30.3 Å². The maximum atomic E-state index is 12.4. The largest absolute Gasteiger partial charge is 0.352 e. The molecule has 0 radical (unpaired) electrons. The molecule has 0 bridgehead atoms. The van der Waals surface area contributed by atoms with E-state index in [9.17, 15) is 4.79 Å². The molecule has 1 aliphatic heterocycles. The lowest BCUT2D eigenvalue weighted by atomic mass is 10.1. The molecule has 6 nitrogen and oxygen atoms in total. The number of carbonyl (C=O) groups is 1. The summed E-state index contributed by atoms with van der Waals surface area (Å²) < 4.78 is 0. The van der Waals surface area contributed by atoms with Crippen LogP contribution < -0.4 is 4.90 Å². The number of carbonyl (C=O) groups excluding carboxylic acids is 1. The number of hydrogen-bond acceptors (Lipinski definition) is 4. The Kier molecular flexibility index (Phi) is 5.48. The summed E-state index contributed by atoms with van der Waals surface area (Å²) in [6.45, 7) is 8.54. The van der Waals surface area contributed by atoms with Crippen LogP contribution in [0, 0.1) is 0 Å².